The number of methoxy groups -OCH3 is 1. The Hall–Kier alpha value is -2.50. The van der Waals surface area contributed by atoms with Gasteiger partial charge in [-0.1, -0.05) is 12.1 Å². The lowest BCUT2D eigenvalue weighted by atomic mass is 10.2. The van der Waals surface area contributed by atoms with Gasteiger partial charge in [0.2, 0.25) is 5.88 Å². The fourth-order valence-electron chi connectivity index (χ4n) is 1.81. The molecular formula is C13H14N2O4. The van der Waals surface area contributed by atoms with Crippen LogP contribution in [0, 0.1) is 6.92 Å². The molecule has 1 heterocycles. The summed E-state index contributed by atoms with van der Waals surface area (Å²) < 4.78 is 6.73. The fraction of sp³-hybridized carbons (Fsp3) is 0.231. The topological polar surface area (TPSA) is 73.5 Å². The molecular weight excluding hydrogens is 248 g/mol. The SMILES string of the molecule is COC(=O)Cn1cc(O)n(-c2cccc(C)c2)c1=O. The molecule has 6 nitrogen and oxygen atoms in total. The van der Waals surface area contributed by atoms with E-state index in [1.54, 1.807) is 18.2 Å². The van der Waals surface area contributed by atoms with Crippen molar-refractivity contribution >= 4 is 5.97 Å². The van der Waals surface area contributed by atoms with Crippen LogP contribution in [0.1, 0.15) is 5.56 Å². The number of esters is 1. The van der Waals surface area contributed by atoms with Gasteiger partial charge in [0.25, 0.3) is 0 Å². The lowest BCUT2D eigenvalue weighted by molar-refractivity contribution is -0.141. The maximum absolute atomic E-state index is 12.1. The van der Waals surface area contributed by atoms with E-state index in [0.29, 0.717) is 5.69 Å². The second-order valence-electron chi connectivity index (χ2n) is 4.15. The maximum Gasteiger partial charge on any atom is 0.336 e. The van der Waals surface area contributed by atoms with Gasteiger partial charge in [0.15, 0.2) is 0 Å². The van der Waals surface area contributed by atoms with Crippen LogP contribution in [0.2, 0.25) is 0 Å². The van der Waals surface area contributed by atoms with Crippen LogP contribution in [0.15, 0.2) is 35.3 Å². The Balaban J connectivity index is 2.48. The van der Waals surface area contributed by atoms with Crippen LogP contribution in [0.5, 0.6) is 5.88 Å². The number of imidazole rings is 1. The molecule has 0 bridgehead atoms. The molecule has 0 fully saturated rings. The first-order valence-corrected chi connectivity index (χ1v) is 5.68. The Labute approximate surface area is 109 Å². The van der Waals surface area contributed by atoms with E-state index >= 15 is 0 Å². The number of benzene rings is 1. The maximum atomic E-state index is 12.1. The third-order valence-corrected chi connectivity index (χ3v) is 2.72. The summed E-state index contributed by atoms with van der Waals surface area (Å²) in [7, 11) is 1.24. The minimum atomic E-state index is -0.552. The van der Waals surface area contributed by atoms with E-state index in [2.05, 4.69) is 4.74 Å². The number of rotatable bonds is 3. The van der Waals surface area contributed by atoms with Gasteiger partial charge in [-0.2, -0.15) is 0 Å². The molecule has 6 heteroatoms. The third-order valence-electron chi connectivity index (χ3n) is 2.72. The summed E-state index contributed by atoms with van der Waals surface area (Å²) in [5.41, 5.74) is 1.02. The molecule has 1 N–H and O–H groups in total. The average Bonchev–Trinajstić information content (AvgIpc) is 2.64. The van der Waals surface area contributed by atoms with Gasteiger partial charge < -0.3 is 9.84 Å². The van der Waals surface area contributed by atoms with Crippen LogP contribution in [-0.2, 0) is 16.1 Å². The molecule has 0 aliphatic heterocycles. The number of aromatic hydroxyl groups is 1. The van der Waals surface area contributed by atoms with Crippen LogP contribution < -0.4 is 5.69 Å². The Bertz CT molecular complexity index is 670. The predicted molar refractivity (Wildman–Crippen MR) is 68.4 cm³/mol. The molecule has 0 radical (unpaired) electrons. The second-order valence-corrected chi connectivity index (χ2v) is 4.15. The molecule has 19 heavy (non-hydrogen) atoms. The highest BCUT2D eigenvalue weighted by Gasteiger charge is 2.14. The molecule has 0 saturated heterocycles. The van der Waals surface area contributed by atoms with Gasteiger partial charge in [0.1, 0.15) is 6.54 Å². The first-order chi connectivity index (χ1) is 9.02. The summed E-state index contributed by atoms with van der Waals surface area (Å²) in [6, 6.07) is 7.14. The van der Waals surface area contributed by atoms with Crippen molar-refractivity contribution in [1.82, 2.24) is 9.13 Å². The summed E-state index contributed by atoms with van der Waals surface area (Å²) in [6.07, 6.45) is 1.21. The monoisotopic (exact) mass is 262 g/mol. The van der Waals surface area contributed by atoms with Gasteiger partial charge in [-0.05, 0) is 24.6 Å². The molecule has 0 atom stereocenters. The molecule has 0 unspecified atom stereocenters. The van der Waals surface area contributed by atoms with E-state index in [1.807, 2.05) is 13.0 Å². The Morgan fingerprint density at radius 2 is 2.16 bits per heavy atom. The molecule has 0 aliphatic carbocycles. The van der Waals surface area contributed by atoms with Crippen LogP contribution in [0.3, 0.4) is 0 Å². The van der Waals surface area contributed by atoms with Crippen molar-refractivity contribution in [1.29, 1.82) is 0 Å². The van der Waals surface area contributed by atoms with E-state index < -0.39 is 11.7 Å². The molecule has 1 aromatic heterocycles. The number of nitrogens with zero attached hydrogens (tertiary/aromatic N) is 2. The molecule has 0 saturated carbocycles. The smallest absolute Gasteiger partial charge is 0.336 e. The summed E-state index contributed by atoms with van der Waals surface area (Å²) in [5.74, 6) is -0.775. The first-order valence-electron chi connectivity index (χ1n) is 5.68. The quantitative estimate of drug-likeness (QED) is 0.831. The number of hydrogen-bond donors (Lipinski definition) is 1. The van der Waals surface area contributed by atoms with Crippen molar-refractivity contribution in [3.05, 3.63) is 46.5 Å². The van der Waals surface area contributed by atoms with Gasteiger partial charge in [0, 0.05) is 0 Å². The Kier molecular flexibility index (Phi) is 3.41. The van der Waals surface area contributed by atoms with Gasteiger partial charge in [0.05, 0.1) is 19.0 Å². The van der Waals surface area contributed by atoms with Crippen molar-refractivity contribution in [3.8, 4) is 11.6 Å². The lowest BCUT2D eigenvalue weighted by Gasteiger charge is -2.03. The summed E-state index contributed by atoms with van der Waals surface area (Å²) in [5, 5.41) is 9.83. The van der Waals surface area contributed by atoms with Gasteiger partial charge in [-0.25, -0.2) is 9.36 Å². The zero-order valence-corrected chi connectivity index (χ0v) is 10.7. The molecule has 2 aromatic rings. The van der Waals surface area contributed by atoms with Crippen molar-refractivity contribution in [2.45, 2.75) is 13.5 Å². The minimum Gasteiger partial charge on any atom is -0.493 e. The molecule has 0 spiro atoms. The largest absolute Gasteiger partial charge is 0.493 e. The second kappa shape index (κ2) is 5.01. The molecule has 0 amide bonds. The summed E-state index contributed by atoms with van der Waals surface area (Å²) >= 11 is 0. The molecule has 100 valence electrons. The van der Waals surface area contributed by atoms with E-state index in [1.165, 1.54) is 13.3 Å². The highest BCUT2D eigenvalue weighted by atomic mass is 16.5. The minimum absolute atomic E-state index is 0.223. The van der Waals surface area contributed by atoms with Crippen molar-refractivity contribution in [3.63, 3.8) is 0 Å². The number of hydrogen-bond acceptors (Lipinski definition) is 4. The molecule has 1 aromatic carbocycles. The van der Waals surface area contributed by atoms with E-state index in [-0.39, 0.29) is 12.4 Å². The average molecular weight is 262 g/mol. The zero-order valence-electron chi connectivity index (χ0n) is 10.7. The Morgan fingerprint density at radius 3 is 2.79 bits per heavy atom. The first kappa shape index (κ1) is 12.9. The summed E-state index contributed by atoms with van der Waals surface area (Å²) in [4.78, 5) is 23.3. The number of aromatic nitrogens is 2. The molecule has 2 rings (SSSR count). The van der Waals surface area contributed by atoms with E-state index in [4.69, 9.17) is 0 Å². The van der Waals surface area contributed by atoms with Crippen molar-refractivity contribution in [2.75, 3.05) is 7.11 Å². The van der Waals surface area contributed by atoms with Crippen LogP contribution in [0.4, 0.5) is 0 Å². The number of ether oxygens (including phenoxy) is 1. The van der Waals surface area contributed by atoms with Crippen LogP contribution in [0.25, 0.3) is 5.69 Å². The van der Waals surface area contributed by atoms with Gasteiger partial charge in [-0.15, -0.1) is 0 Å². The summed E-state index contributed by atoms with van der Waals surface area (Å²) in [6.45, 7) is 1.65. The standard InChI is InChI=1S/C13H14N2O4/c1-9-4-3-5-10(6-9)15-11(16)7-14(13(15)18)8-12(17)19-2/h3-7,16H,8H2,1-2H3. The number of carbonyl (C=O) groups is 1. The lowest BCUT2D eigenvalue weighted by Crippen LogP contribution is -2.26. The third kappa shape index (κ3) is 2.52. The predicted octanol–water partition coefficient (Wildman–Crippen LogP) is 0.826. The van der Waals surface area contributed by atoms with E-state index in [0.717, 1.165) is 14.7 Å². The van der Waals surface area contributed by atoms with Gasteiger partial charge >= 0.3 is 11.7 Å². The molecule has 0 aliphatic rings. The van der Waals surface area contributed by atoms with Crippen LogP contribution in [-0.4, -0.2) is 27.3 Å². The van der Waals surface area contributed by atoms with Crippen molar-refractivity contribution < 1.29 is 14.6 Å². The highest BCUT2D eigenvalue weighted by molar-refractivity contribution is 5.69. The zero-order chi connectivity index (χ0) is 14.0. The normalized spacial score (nSPS) is 10.4. The highest BCUT2D eigenvalue weighted by Crippen LogP contribution is 2.15. The fourth-order valence-corrected chi connectivity index (χ4v) is 1.81. The van der Waals surface area contributed by atoms with Crippen molar-refractivity contribution in [2.24, 2.45) is 0 Å². The van der Waals surface area contributed by atoms with Gasteiger partial charge in [-0.3, -0.25) is 9.36 Å². The van der Waals surface area contributed by atoms with Crippen LogP contribution >= 0.6 is 0 Å². The Morgan fingerprint density at radius 1 is 1.42 bits per heavy atom. The number of carbonyl (C=O) groups excluding carboxylic acids is 1. The number of aryl methyl sites for hydroxylation is 1. The van der Waals surface area contributed by atoms with E-state index in [9.17, 15) is 14.7 Å².